The SMILES string of the molecule is CCc1ccc(/C=N/NC(=O)[C@H]2CC(=O)N(c3ccc(OC)cc3)C2)cc1. The highest BCUT2D eigenvalue weighted by atomic mass is 16.5. The Balaban J connectivity index is 1.57. The summed E-state index contributed by atoms with van der Waals surface area (Å²) in [6.07, 6.45) is 2.77. The lowest BCUT2D eigenvalue weighted by Gasteiger charge is -2.16. The van der Waals surface area contributed by atoms with Gasteiger partial charge >= 0.3 is 0 Å². The Hall–Kier alpha value is -3.15. The van der Waals surface area contributed by atoms with Crippen LogP contribution in [0.5, 0.6) is 5.75 Å². The van der Waals surface area contributed by atoms with E-state index in [4.69, 9.17) is 4.74 Å². The maximum atomic E-state index is 12.3. The summed E-state index contributed by atoms with van der Waals surface area (Å²) in [7, 11) is 1.59. The molecule has 2 amide bonds. The third kappa shape index (κ3) is 4.53. The minimum absolute atomic E-state index is 0.0700. The molecule has 3 rings (SSSR count). The minimum atomic E-state index is -0.417. The number of hydrazone groups is 1. The normalized spacial score (nSPS) is 16.7. The van der Waals surface area contributed by atoms with E-state index in [-0.39, 0.29) is 18.2 Å². The van der Waals surface area contributed by atoms with Crippen molar-refractivity contribution < 1.29 is 14.3 Å². The van der Waals surface area contributed by atoms with Crippen LogP contribution in [0.25, 0.3) is 0 Å². The molecule has 0 bridgehead atoms. The van der Waals surface area contributed by atoms with Crippen molar-refractivity contribution in [2.75, 3.05) is 18.6 Å². The number of carbonyl (C=O) groups is 2. The maximum absolute atomic E-state index is 12.3. The highest BCUT2D eigenvalue weighted by Crippen LogP contribution is 2.26. The first-order valence-electron chi connectivity index (χ1n) is 8.97. The lowest BCUT2D eigenvalue weighted by molar-refractivity contribution is -0.126. The molecular formula is C21H23N3O3. The topological polar surface area (TPSA) is 71.0 Å². The fourth-order valence-corrected chi connectivity index (χ4v) is 3.00. The van der Waals surface area contributed by atoms with E-state index in [1.54, 1.807) is 30.4 Å². The number of anilines is 1. The molecule has 1 aliphatic rings. The molecule has 6 heteroatoms. The molecule has 1 atom stereocenters. The van der Waals surface area contributed by atoms with Crippen LogP contribution in [0.2, 0.25) is 0 Å². The summed E-state index contributed by atoms with van der Waals surface area (Å²) in [4.78, 5) is 26.2. The van der Waals surface area contributed by atoms with Gasteiger partial charge in [0, 0.05) is 18.7 Å². The molecule has 0 saturated carbocycles. The predicted octanol–water partition coefficient (Wildman–Crippen LogP) is 2.76. The number of benzene rings is 2. The fraction of sp³-hybridized carbons (Fsp3) is 0.286. The van der Waals surface area contributed by atoms with Crippen molar-refractivity contribution in [1.82, 2.24) is 5.43 Å². The Labute approximate surface area is 158 Å². The van der Waals surface area contributed by atoms with Crippen LogP contribution < -0.4 is 15.1 Å². The fourth-order valence-electron chi connectivity index (χ4n) is 3.00. The van der Waals surface area contributed by atoms with E-state index in [0.717, 1.165) is 23.4 Å². The van der Waals surface area contributed by atoms with Crippen LogP contribution in [-0.4, -0.2) is 31.7 Å². The molecule has 140 valence electrons. The number of rotatable bonds is 6. The van der Waals surface area contributed by atoms with Crippen LogP contribution in [0.1, 0.15) is 24.5 Å². The first kappa shape index (κ1) is 18.6. The zero-order valence-corrected chi connectivity index (χ0v) is 15.5. The molecule has 1 aliphatic heterocycles. The Kier molecular flexibility index (Phi) is 5.86. The number of methoxy groups -OCH3 is 1. The number of aryl methyl sites for hydroxylation is 1. The van der Waals surface area contributed by atoms with Crippen LogP contribution >= 0.6 is 0 Å². The second kappa shape index (κ2) is 8.49. The zero-order valence-electron chi connectivity index (χ0n) is 15.5. The van der Waals surface area contributed by atoms with Crippen molar-refractivity contribution >= 4 is 23.7 Å². The van der Waals surface area contributed by atoms with Crippen LogP contribution in [0, 0.1) is 5.92 Å². The molecule has 1 heterocycles. The van der Waals surface area contributed by atoms with E-state index >= 15 is 0 Å². The maximum Gasteiger partial charge on any atom is 0.245 e. The Morgan fingerprint density at radius 1 is 1.22 bits per heavy atom. The summed E-state index contributed by atoms with van der Waals surface area (Å²) in [5.74, 6) is -0.0135. The first-order valence-corrected chi connectivity index (χ1v) is 8.97. The van der Waals surface area contributed by atoms with E-state index in [1.165, 1.54) is 5.56 Å². The lowest BCUT2D eigenvalue weighted by atomic mass is 10.1. The van der Waals surface area contributed by atoms with Crippen molar-refractivity contribution in [1.29, 1.82) is 0 Å². The van der Waals surface area contributed by atoms with Crippen molar-refractivity contribution in [3.63, 3.8) is 0 Å². The average molecular weight is 365 g/mol. The predicted molar refractivity (Wildman–Crippen MR) is 105 cm³/mol. The number of carbonyl (C=O) groups excluding carboxylic acids is 2. The zero-order chi connectivity index (χ0) is 19.2. The number of hydrogen-bond donors (Lipinski definition) is 1. The van der Waals surface area contributed by atoms with Gasteiger partial charge in [0.2, 0.25) is 11.8 Å². The van der Waals surface area contributed by atoms with Crippen molar-refractivity contribution in [2.24, 2.45) is 11.0 Å². The molecular weight excluding hydrogens is 342 g/mol. The Bertz CT molecular complexity index is 829. The van der Waals surface area contributed by atoms with E-state index in [0.29, 0.717) is 6.54 Å². The molecule has 1 N–H and O–H groups in total. The van der Waals surface area contributed by atoms with Crippen LogP contribution in [-0.2, 0) is 16.0 Å². The van der Waals surface area contributed by atoms with Gasteiger partial charge in [0.15, 0.2) is 0 Å². The number of amides is 2. The van der Waals surface area contributed by atoms with Gasteiger partial charge in [0.25, 0.3) is 0 Å². The van der Waals surface area contributed by atoms with Crippen molar-refractivity contribution in [3.05, 3.63) is 59.7 Å². The second-order valence-corrected chi connectivity index (χ2v) is 6.43. The molecule has 2 aromatic rings. The smallest absolute Gasteiger partial charge is 0.245 e. The molecule has 6 nitrogen and oxygen atoms in total. The molecule has 2 aromatic carbocycles. The average Bonchev–Trinajstić information content (AvgIpc) is 3.10. The Morgan fingerprint density at radius 3 is 2.56 bits per heavy atom. The molecule has 0 radical (unpaired) electrons. The van der Waals surface area contributed by atoms with E-state index in [1.807, 2.05) is 36.4 Å². The quantitative estimate of drug-likeness (QED) is 0.632. The van der Waals surface area contributed by atoms with Crippen LogP contribution in [0.4, 0.5) is 5.69 Å². The van der Waals surface area contributed by atoms with Gasteiger partial charge in [-0.3, -0.25) is 9.59 Å². The number of ether oxygens (including phenoxy) is 1. The van der Waals surface area contributed by atoms with Crippen LogP contribution in [0.15, 0.2) is 53.6 Å². The third-order valence-corrected chi connectivity index (χ3v) is 4.66. The highest BCUT2D eigenvalue weighted by Gasteiger charge is 2.35. The van der Waals surface area contributed by atoms with E-state index < -0.39 is 5.92 Å². The summed E-state index contributed by atoms with van der Waals surface area (Å²) in [6, 6.07) is 15.2. The monoisotopic (exact) mass is 365 g/mol. The van der Waals surface area contributed by atoms with Gasteiger partial charge in [0.1, 0.15) is 5.75 Å². The van der Waals surface area contributed by atoms with Crippen molar-refractivity contribution in [2.45, 2.75) is 19.8 Å². The van der Waals surface area contributed by atoms with E-state index in [9.17, 15) is 9.59 Å². The third-order valence-electron chi connectivity index (χ3n) is 4.66. The van der Waals surface area contributed by atoms with Gasteiger partial charge in [-0.2, -0.15) is 5.10 Å². The summed E-state index contributed by atoms with van der Waals surface area (Å²) in [6.45, 7) is 2.44. The number of nitrogens with one attached hydrogen (secondary N) is 1. The van der Waals surface area contributed by atoms with Gasteiger partial charge in [-0.05, 0) is 41.8 Å². The standard InChI is InChI=1S/C21H23N3O3/c1-3-15-4-6-16(7-5-15)13-22-23-21(26)17-12-20(25)24(14-17)18-8-10-19(27-2)11-9-18/h4-11,13,17H,3,12,14H2,1-2H3,(H,23,26)/b22-13+/t17-/m0/s1. The summed E-state index contributed by atoms with van der Waals surface area (Å²) in [5.41, 5.74) is 5.47. The van der Waals surface area contributed by atoms with Gasteiger partial charge in [-0.15, -0.1) is 0 Å². The number of nitrogens with zero attached hydrogens (tertiary/aromatic N) is 2. The number of hydrogen-bond acceptors (Lipinski definition) is 4. The lowest BCUT2D eigenvalue weighted by Crippen LogP contribution is -2.30. The molecule has 0 unspecified atom stereocenters. The Morgan fingerprint density at radius 2 is 1.93 bits per heavy atom. The van der Waals surface area contributed by atoms with Crippen molar-refractivity contribution in [3.8, 4) is 5.75 Å². The summed E-state index contributed by atoms with van der Waals surface area (Å²) < 4.78 is 5.13. The summed E-state index contributed by atoms with van der Waals surface area (Å²) in [5, 5.41) is 4.02. The van der Waals surface area contributed by atoms with Gasteiger partial charge in [0.05, 0.1) is 19.2 Å². The van der Waals surface area contributed by atoms with E-state index in [2.05, 4.69) is 17.5 Å². The molecule has 0 spiro atoms. The van der Waals surface area contributed by atoms with Gasteiger partial charge in [-0.25, -0.2) is 5.43 Å². The molecule has 0 aliphatic carbocycles. The molecule has 27 heavy (non-hydrogen) atoms. The molecule has 0 aromatic heterocycles. The van der Waals surface area contributed by atoms with Gasteiger partial charge in [-0.1, -0.05) is 31.2 Å². The summed E-state index contributed by atoms with van der Waals surface area (Å²) >= 11 is 0. The molecule has 1 fully saturated rings. The minimum Gasteiger partial charge on any atom is -0.497 e. The second-order valence-electron chi connectivity index (χ2n) is 6.43. The first-order chi connectivity index (χ1) is 13.1. The van der Waals surface area contributed by atoms with Crippen LogP contribution in [0.3, 0.4) is 0 Å². The highest BCUT2D eigenvalue weighted by molar-refractivity contribution is 6.00. The van der Waals surface area contributed by atoms with Gasteiger partial charge < -0.3 is 9.64 Å². The molecule has 1 saturated heterocycles. The largest absolute Gasteiger partial charge is 0.497 e.